The van der Waals surface area contributed by atoms with Crippen molar-refractivity contribution < 1.29 is 0 Å². The Hall–Kier alpha value is -0.860. The van der Waals surface area contributed by atoms with Crippen molar-refractivity contribution in [3.05, 3.63) is 35.9 Å². The summed E-state index contributed by atoms with van der Waals surface area (Å²) >= 11 is 0. The summed E-state index contributed by atoms with van der Waals surface area (Å²) in [6.07, 6.45) is 3.68. The Bertz CT molecular complexity index is 361. The van der Waals surface area contributed by atoms with Gasteiger partial charge in [0.05, 0.1) is 0 Å². The molecule has 1 aliphatic rings. The van der Waals surface area contributed by atoms with E-state index in [0.29, 0.717) is 6.04 Å². The molecule has 0 amide bonds. The molecule has 1 heterocycles. The summed E-state index contributed by atoms with van der Waals surface area (Å²) in [5.74, 6) is 1.67. The highest BCUT2D eigenvalue weighted by Crippen LogP contribution is 2.26. The molecule has 1 aromatic rings. The Balaban J connectivity index is 1.84. The van der Waals surface area contributed by atoms with E-state index in [1.165, 1.54) is 31.5 Å². The number of nitrogens with two attached hydrogens (primary N) is 1. The van der Waals surface area contributed by atoms with E-state index in [4.69, 9.17) is 5.73 Å². The van der Waals surface area contributed by atoms with E-state index in [2.05, 4.69) is 49.1 Å². The number of nitrogens with zero attached hydrogens (tertiary/aromatic N) is 1. The van der Waals surface area contributed by atoms with Crippen LogP contribution in [-0.4, -0.2) is 30.6 Å². The molecule has 2 atom stereocenters. The Morgan fingerprint density at radius 3 is 2.58 bits per heavy atom. The van der Waals surface area contributed by atoms with Gasteiger partial charge in [-0.3, -0.25) is 4.90 Å². The van der Waals surface area contributed by atoms with Crippen molar-refractivity contribution in [1.29, 1.82) is 0 Å². The van der Waals surface area contributed by atoms with Crippen molar-refractivity contribution in [3.63, 3.8) is 0 Å². The summed E-state index contributed by atoms with van der Waals surface area (Å²) in [7, 11) is 0. The Kier molecular flexibility index (Phi) is 5.41. The molecule has 2 rings (SSSR count). The minimum Gasteiger partial charge on any atom is -0.329 e. The van der Waals surface area contributed by atoms with Gasteiger partial charge in [-0.1, -0.05) is 44.2 Å². The van der Waals surface area contributed by atoms with Gasteiger partial charge in [0.1, 0.15) is 0 Å². The molecule has 0 spiro atoms. The predicted molar refractivity (Wildman–Crippen MR) is 82.1 cm³/mol. The normalized spacial score (nSPS) is 22.0. The molecule has 19 heavy (non-hydrogen) atoms. The van der Waals surface area contributed by atoms with Crippen molar-refractivity contribution in [1.82, 2.24) is 4.90 Å². The molecule has 2 unspecified atom stereocenters. The molecule has 1 fully saturated rings. The molecule has 0 bridgehead atoms. The summed E-state index contributed by atoms with van der Waals surface area (Å²) in [6, 6.07) is 11.3. The van der Waals surface area contributed by atoms with E-state index in [9.17, 15) is 0 Å². The van der Waals surface area contributed by atoms with E-state index < -0.39 is 0 Å². The van der Waals surface area contributed by atoms with E-state index in [-0.39, 0.29) is 0 Å². The van der Waals surface area contributed by atoms with Gasteiger partial charge < -0.3 is 5.73 Å². The van der Waals surface area contributed by atoms with Gasteiger partial charge in [0, 0.05) is 19.1 Å². The largest absolute Gasteiger partial charge is 0.329 e. The fraction of sp³-hybridized carbons (Fsp3) is 0.647. The molecule has 106 valence electrons. The number of hydrogen-bond donors (Lipinski definition) is 1. The second-order valence-electron chi connectivity index (χ2n) is 6.20. The van der Waals surface area contributed by atoms with E-state index >= 15 is 0 Å². The zero-order valence-electron chi connectivity index (χ0n) is 12.4. The molecule has 1 aromatic carbocycles. The maximum atomic E-state index is 6.00. The summed E-state index contributed by atoms with van der Waals surface area (Å²) < 4.78 is 0. The summed E-state index contributed by atoms with van der Waals surface area (Å²) in [4.78, 5) is 2.62. The minimum atomic E-state index is 0.559. The summed E-state index contributed by atoms with van der Waals surface area (Å²) in [6.45, 7) is 7.96. The first-order chi connectivity index (χ1) is 9.20. The Morgan fingerprint density at radius 1 is 1.26 bits per heavy atom. The van der Waals surface area contributed by atoms with Crippen LogP contribution in [0.25, 0.3) is 0 Å². The average Bonchev–Trinajstić information content (AvgIpc) is 2.90. The lowest BCUT2D eigenvalue weighted by Crippen LogP contribution is -2.39. The standard InChI is InChI=1S/C17H28N2/c1-14(2)16-10-11-19(13-16)17(12-18)9-8-15-6-4-3-5-7-15/h3-7,14,16-17H,8-13,18H2,1-2H3. The predicted octanol–water partition coefficient (Wildman–Crippen LogP) is 2.92. The number of likely N-dealkylation sites (tertiary alicyclic amines) is 1. The van der Waals surface area contributed by atoms with E-state index in [1.54, 1.807) is 0 Å². The highest BCUT2D eigenvalue weighted by Gasteiger charge is 2.28. The fourth-order valence-corrected chi connectivity index (χ4v) is 3.12. The minimum absolute atomic E-state index is 0.559. The third kappa shape index (κ3) is 4.05. The van der Waals surface area contributed by atoms with Crippen LogP contribution in [0.5, 0.6) is 0 Å². The first-order valence-corrected chi connectivity index (χ1v) is 7.68. The lowest BCUT2D eigenvalue weighted by molar-refractivity contribution is 0.219. The molecule has 0 saturated carbocycles. The van der Waals surface area contributed by atoms with E-state index in [1.807, 2.05) is 0 Å². The van der Waals surface area contributed by atoms with Crippen LogP contribution in [0.15, 0.2) is 30.3 Å². The smallest absolute Gasteiger partial charge is 0.0221 e. The van der Waals surface area contributed by atoms with Crippen molar-refractivity contribution in [3.8, 4) is 0 Å². The zero-order chi connectivity index (χ0) is 13.7. The van der Waals surface area contributed by atoms with Gasteiger partial charge >= 0.3 is 0 Å². The van der Waals surface area contributed by atoms with Crippen molar-refractivity contribution in [2.75, 3.05) is 19.6 Å². The third-order valence-corrected chi connectivity index (χ3v) is 4.60. The quantitative estimate of drug-likeness (QED) is 0.852. The topological polar surface area (TPSA) is 29.3 Å². The second-order valence-corrected chi connectivity index (χ2v) is 6.20. The van der Waals surface area contributed by atoms with Crippen LogP contribution in [0.4, 0.5) is 0 Å². The van der Waals surface area contributed by atoms with Crippen molar-refractivity contribution in [2.45, 2.75) is 39.2 Å². The number of hydrogen-bond acceptors (Lipinski definition) is 2. The van der Waals surface area contributed by atoms with Gasteiger partial charge in [-0.2, -0.15) is 0 Å². The van der Waals surface area contributed by atoms with Gasteiger partial charge in [-0.15, -0.1) is 0 Å². The maximum absolute atomic E-state index is 6.00. The van der Waals surface area contributed by atoms with E-state index in [0.717, 1.165) is 24.8 Å². The second kappa shape index (κ2) is 7.06. The first kappa shape index (κ1) is 14.5. The van der Waals surface area contributed by atoms with Crippen LogP contribution in [-0.2, 0) is 6.42 Å². The van der Waals surface area contributed by atoms with Crippen LogP contribution in [0.2, 0.25) is 0 Å². The molecular formula is C17H28N2. The third-order valence-electron chi connectivity index (χ3n) is 4.60. The molecule has 2 heteroatoms. The van der Waals surface area contributed by atoms with Gasteiger partial charge in [-0.25, -0.2) is 0 Å². The zero-order valence-corrected chi connectivity index (χ0v) is 12.4. The monoisotopic (exact) mass is 260 g/mol. The van der Waals surface area contributed by atoms with Crippen LogP contribution < -0.4 is 5.73 Å². The van der Waals surface area contributed by atoms with Crippen molar-refractivity contribution in [2.24, 2.45) is 17.6 Å². The highest BCUT2D eigenvalue weighted by atomic mass is 15.2. The lowest BCUT2D eigenvalue weighted by atomic mass is 9.95. The molecule has 0 aromatic heterocycles. The highest BCUT2D eigenvalue weighted by molar-refractivity contribution is 5.14. The van der Waals surface area contributed by atoms with Crippen LogP contribution >= 0.6 is 0 Å². The average molecular weight is 260 g/mol. The molecule has 1 saturated heterocycles. The molecular weight excluding hydrogens is 232 g/mol. The van der Waals surface area contributed by atoms with Crippen LogP contribution in [0.3, 0.4) is 0 Å². The molecule has 0 aliphatic carbocycles. The maximum Gasteiger partial charge on any atom is 0.0221 e. The number of benzene rings is 1. The fourth-order valence-electron chi connectivity index (χ4n) is 3.12. The Morgan fingerprint density at radius 2 is 2.00 bits per heavy atom. The van der Waals surface area contributed by atoms with Gasteiger partial charge in [-0.05, 0) is 43.2 Å². The molecule has 0 radical (unpaired) electrons. The first-order valence-electron chi connectivity index (χ1n) is 7.68. The molecule has 2 nitrogen and oxygen atoms in total. The molecule has 1 aliphatic heterocycles. The Labute approximate surface area is 118 Å². The number of aryl methyl sites for hydroxylation is 1. The van der Waals surface area contributed by atoms with Gasteiger partial charge in [0.25, 0.3) is 0 Å². The van der Waals surface area contributed by atoms with Gasteiger partial charge in [0.15, 0.2) is 0 Å². The van der Waals surface area contributed by atoms with Gasteiger partial charge in [0.2, 0.25) is 0 Å². The van der Waals surface area contributed by atoms with Crippen LogP contribution in [0, 0.1) is 11.8 Å². The van der Waals surface area contributed by atoms with Crippen LogP contribution in [0.1, 0.15) is 32.3 Å². The lowest BCUT2D eigenvalue weighted by Gasteiger charge is -2.27. The number of rotatable bonds is 6. The summed E-state index contributed by atoms with van der Waals surface area (Å²) in [5, 5.41) is 0. The summed E-state index contributed by atoms with van der Waals surface area (Å²) in [5.41, 5.74) is 7.43. The van der Waals surface area contributed by atoms with Crippen molar-refractivity contribution >= 4 is 0 Å². The SMILES string of the molecule is CC(C)C1CCN(C(CN)CCc2ccccc2)C1. The molecule has 2 N–H and O–H groups in total.